The maximum absolute atomic E-state index is 5.81. The van der Waals surface area contributed by atoms with E-state index in [0.29, 0.717) is 5.88 Å². The summed E-state index contributed by atoms with van der Waals surface area (Å²) in [4.78, 5) is 6.53. The Labute approximate surface area is 93.5 Å². The van der Waals surface area contributed by atoms with Crippen LogP contribution < -0.4 is 4.90 Å². The number of hydrogen-bond acceptors (Lipinski definition) is 3. The number of halogens is 1. The van der Waals surface area contributed by atoms with Crippen molar-refractivity contribution < 1.29 is 0 Å². The maximum atomic E-state index is 5.81. The fraction of sp³-hybridized carbons (Fsp3) is 0.400. The highest BCUT2D eigenvalue weighted by Gasteiger charge is 2.10. The number of anilines is 1. The van der Waals surface area contributed by atoms with Crippen LogP contribution in [0.1, 0.15) is 6.92 Å². The number of fused-ring (bicyclic) bond motifs is 1. The lowest BCUT2D eigenvalue weighted by molar-refractivity contribution is 0.747. The van der Waals surface area contributed by atoms with Gasteiger partial charge < -0.3 is 4.90 Å². The van der Waals surface area contributed by atoms with Crippen LogP contribution in [0.15, 0.2) is 24.5 Å². The smallest absolute Gasteiger partial charge is 0.157 e. The van der Waals surface area contributed by atoms with Crippen molar-refractivity contribution in [3.8, 4) is 0 Å². The van der Waals surface area contributed by atoms with Crippen LogP contribution in [0.3, 0.4) is 0 Å². The highest BCUT2D eigenvalue weighted by Crippen LogP contribution is 2.13. The zero-order valence-corrected chi connectivity index (χ0v) is 9.52. The zero-order chi connectivity index (χ0) is 10.8. The molecule has 0 bridgehead atoms. The molecule has 0 saturated carbocycles. The van der Waals surface area contributed by atoms with E-state index in [2.05, 4.69) is 21.9 Å². The summed E-state index contributed by atoms with van der Waals surface area (Å²) in [5.74, 6) is 1.50. The Kier molecular flexibility index (Phi) is 2.77. The average Bonchev–Trinajstić information content (AvgIpc) is 2.73. The first-order valence-electron chi connectivity index (χ1n) is 4.81. The predicted octanol–water partition coefficient (Wildman–Crippen LogP) is 1.79. The van der Waals surface area contributed by atoms with Gasteiger partial charge in [0.1, 0.15) is 5.82 Å². The minimum atomic E-state index is 0.268. The Morgan fingerprint density at radius 3 is 3.07 bits per heavy atom. The fourth-order valence-corrected chi connectivity index (χ4v) is 1.54. The second-order valence-electron chi connectivity index (χ2n) is 3.53. The number of hydrogen-bond donors (Lipinski definition) is 0. The van der Waals surface area contributed by atoms with Gasteiger partial charge in [0.25, 0.3) is 0 Å². The zero-order valence-electron chi connectivity index (χ0n) is 8.76. The standard InChI is InChI=1S/C10H13ClN4/c1-8(7-11)14(2)9-4-6-15-10(13-9)3-5-12-15/h3-6,8H,7H2,1-2H3. The Morgan fingerprint density at radius 2 is 2.33 bits per heavy atom. The molecule has 0 aliphatic carbocycles. The van der Waals surface area contributed by atoms with Gasteiger partial charge in [0.15, 0.2) is 5.65 Å². The maximum Gasteiger partial charge on any atom is 0.157 e. The van der Waals surface area contributed by atoms with Crippen molar-refractivity contribution in [2.45, 2.75) is 13.0 Å². The first-order valence-corrected chi connectivity index (χ1v) is 5.35. The lowest BCUT2D eigenvalue weighted by Gasteiger charge is -2.23. The van der Waals surface area contributed by atoms with Gasteiger partial charge in [-0.25, -0.2) is 9.50 Å². The van der Waals surface area contributed by atoms with E-state index >= 15 is 0 Å². The van der Waals surface area contributed by atoms with Gasteiger partial charge in [-0.05, 0) is 13.0 Å². The Morgan fingerprint density at radius 1 is 1.53 bits per heavy atom. The molecule has 0 amide bonds. The summed E-state index contributed by atoms with van der Waals surface area (Å²) >= 11 is 5.81. The van der Waals surface area contributed by atoms with Crippen LogP contribution in [0.5, 0.6) is 0 Å². The van der Waals surface area contributed by atoms with Gasteiger partial charge in [-0.15, -0.1) is 11.6 Å². The van der Waals surface area contributed by atoms with E-state index in [1.54, 1.807) is 10.7 Å². The van der Waals surface area contributed by atoms with Crippen molar-refractivity contribution in [2.75, 3.05) is 17.8 Å². The van der Waals surface area contributed by atoms with E-state index in [-0.39, 0.29) is 6.04 Å². The number of rotatable bonds is 3. The van der Waals surface area contributed by atoms with Gasteiger partial charge in [0.05, 0.1) is 6.20 Å². The molecule has 0 aliphatic rings. The second-order valence-corrected chi connectivity index (χ2v) is 3.84. The summed E-state index contributed by atoms with van der Waals surface area (Å²) in [6, 6.07) is 4.08. The molecule has 15 heavy (non-hydrogen) atoms. The molecule has 80 valence electrons. The van der Waals surface area contributed by atoms with E-state index in [4.69, 9.17) is 11.6 Å². The van der Waals surface area contributed by atoms with Crippen LogP contribution >= 0.6 is 11.6 Å². The molecule has 1 unspecified atom stereocenters. The normalized spacial score (nSPS) is 13.0. The molecule has 0 aliphatic heterocycles. The van der Waals surface area contributed by atoms with Crippen LogP contribution in [0.25, 0.3) is 5.65 Å². The van der Waals surface area contributed by atoms with Crippen molar-refractivity contribution in [1.82, 2.24) is 14.6 Å². The molecule has 0 spiro atoms. The van der Waals surface area contributed by atoms with Gasteiger partial charge in [0.2, 0.25) is 0 Å². The van der Waals surface area contributed by atoms with Gasteiger partial charge in [-0.2, -0.15) is 5.10 Å². The van der Waals surface area contributed by atoms with Crippen LogP contribution in [0.2, 0.25) is 0 Å². The van der Waals surface area contributed by atoms with Crippen LogP contribution in [-0.2, 0) is 0 Å². The van der Waals surface area contributed by atoms with Crippen molar-refractivity contribution >= 4 is 23.1 Å². The van der Waals surface area contributed by atoms with Crippen molar-refractivity contribution in [3.63, 3.8) is 0 Å². The molecule has 0 N–H and O–H groups in total. The van der Waals surface area contributed by atoms with Crippen LogP contribution in [0.4, 0.5) is 5.82 Å². The minimum Gasteiger partial charge on any atom is -0.356 e. The van der Waals surface area contributed by atoms with Gasteiger partial charge in [-0.1, -0.05) is 0 Å². The summed E-state index contributed by atoms with van der Waals surface area (Å²) in [7, 11) is 1.99. The summed E-state index contributed by atoms with van der Waals surface area (Å²) in [6.07, 6.45) is 3.63. The quantitative estimate of drug-likeness (QED) is 0.746. The number of alkyl halides is 1. The summed E-state index contributed by atoms with van der Waals surface area (Å²) in [5, 5.41) is 4.09. The molecule has 5 heteroatoms. The van der Waals surface area contributed by atoms with Crippen molar-refractivity contribution in [1.29, 1.82) is 0 Å². The lowest BCUT2D eigenvalue weighted by Crippen LogP contribution is -2.30. The first kappa shape index (κ1) is 10.2. The molecule has 0 fully saturated rings. The SMILES string of the molecule is CC(CCl)N(C)c1ccn2nccc2n1. The third-order valence-corrected chi connectivity index (χ3v) is 2.94. The predicted molar refractivity (Wildman–Crippen MR) is 61.6 cm³/mol. The Balaban J connectivity index is 2.35. The number of aromatic nitrogens is 3. The minimum absolute atomic E-state index is 0.268. The first-order chi connectivity index (χ1) is 7.22. The highest BCUT2D eigenvalue weighted by molar-refractivity contribution is 6.18. The third-order valence-electron chi connectivity index (χ3n) is 2.49. The van der Waals surface area contributed by atoms with Gasteiger partial charge in [-0.3, -0.25) is 0 Å². The van der Waals surface area contributed by atoms with E-state index in [0.717, 1.165) is 11.5 Å². The molecular formula is C10H13ClN4. The Bertz CT molecular complexity index is 453. The molecular weight excluding hydrogens is 212 g/mol. The Hall–Kier alpha value is -1.29. The molecule has 0 radical (unpaired) electrons. The molecule has 1 atom stereocenters. The third kappa shape index (κ3) is 1.90. The molecule has 4 nitrogen and oxygen atoms in total. The summed E-state index contributed by atoms with van der Waals surface area (Å²) in [5.41, 5.74) is 0.848. The highest BCUT2D eigenvalue weighted by atomic mass is 35.5. The fourth-order valence-electron chi connectivity index (χ4n) is 1.33. The van der Waals surface area contributed by atoms with Gasteiger partial charge >= 0.3 is 0 Å². The molecule has 2 aromatic rings. The van der Waals surface area contributed by atoms with Crippen LogP contribution in [-0.4, -0.2) is 33.6 Å². The largest absolute Gasteiger partial charge is 0.356 e. The van der Waals surface area contributed by atoms with E-state index in [9.17, 15) is 0 Å². The summed E-state index contributed by atoms with van der Waals surface area (Å²) in [6.45, 7) is 2.06. The van der Waals surface area contributed by atoms with Crippen LogP contribution in [0, 0.1) is 0 Å². The number of nitrogens with zero attached hydrogens (tertiary/aromatic N) is 4. The van der Waals surface area contributed by atoms with E-state index in [1.165, 1.54) is 0 Å². The monoisotopic (exact) mass is 224 g/mol. The van der Waals surface area contributed by atoms with E-state index in [1.807, 2.05) is 25.4 Å². The molecule has 2 rings (SSSR count). The second kappa shape index (κ2) is 4.06. The lowest BCUT2D eigenvalue weighted by atomic mass is 10.3. The molecule has 0 aromatic carbocycles. The molecule has 0 saturated heterocycles. The average molecular weight is 225 g/mol. The van der Waals surface area contributed by atoms with Gasteiger partial charge in [0, 0.05) is 31.2 Å². The molecule has 2 aromatic heterocycles. The van der Waals surface area contributed by atoms with Crippen molar-refractivity contribution in [2.24, 2.45) is 0 Å². The van der Waals surface area contributed by atoms with E-state index < -0.39 is 0 Å². The summed E-state index contributed by atoms with van der Waals surface area (Å²) < 4.78 is 1.74. The van der Waals surface area contributed by atoms with Crippen molar-refractivity contribution in [3.05, 3.63) is 24.5 Å². The topological polar surface area (TPSA) is 33.4 Å². The molecule has 2 heterocycles.